The summed E-state index contributed by atoms with van der Waals surface area (Å²) in [6.45, 7) is 3.40. The predicted molar refractivity (Wildman–Crippen MR) is 77.7 cm³/mol. The van der Waals surface area contributed by atoms with E-state index in [1.807, 2.05) is 13.0 Å². The molecule has 0 saturated carbocycles. The Kier molecular flexibility index (Phi) is 6.02. The van der Waals surface area contributed by atoms with Crippen molar-refractivity contribution < 1.29 is 24.2 Å². The molecule has 1 N–H and O–H groups in total. The first-order chi connectivity index (χ1) is 9.90. The summed E-state index contributed by atoms with van der Waals surface area (Å²) in [5.41, 5.74) is 1.01. The van der Waals surface area contributed by atoms with E-state index in [1.165, 1.54) is 19.1 Å². The summed E-state index contributed by atoms with van der Waals surface area (Å²) in [6.07, 6.45) is 0.339. The van der Waals surface area contributed by atoms with Gasteiger partial charge in [-0.1, -0.05) is 13.0 Å². The average molecular weight is 295 g/mol. The maximum Gasteiger partial charge on any atom is 0.326 e. The van der Waals surface area contributed by atoms with Crippen LogP contribution in [0.4, 0.5) is 0 Å². The second kappa shape index (κ2) is 7.52. The van der Waals surface area contributed by atoms with Crippen molar-refractivity contribution in [1.82, 2.24) is 4.90 Å². The van der Waals surface area contributed by atoms with Crippen LogP contribution in [0.2, 0.25) is 0 Å². The highest BCUT2D eigenvalue weighted by Gasteiger charge is 2.25. The number of benzene rings is 1. The van der Waals surface area contributed by atoms with E-state index in [0.29, 0.717) is 17.9 Å². The van der Waals surface area contributed by atoms with Crippen LogP contribution in [0.1, 0.15) is 18.9 Å². The van der Waals surface area contributed by atoms with Gasteiger partial charge in [0.15, 0.2) is 18.1 Å². The third-order valence-electron chi connectivity index (χ3n) is 3.20. The number of aliphatic carboxylic acids is 1. The van der Waals surface area contributed by atoms with E-state index in [1.54, 1.807) is 19.1 Å². The number of likely N-dealkylation sites (N-methyl/N-ethyl adjacent to an activating group) is 1. The summed E-state index contributed by atoms with van der Waals surface area (Å²) < 4.78 is 10.6. The summed E-state index contributed by atoms with van der Waals surface area (Å²) in [6, 6.07) is 4.52. The van der Waals surface area contributed by atoms with Crippen molar-refractivity contribution in [3.8, 4) is 11.5 Å². The Bertz CT molecular complexity index is 515. The number of nitrogens with zero attached hydrogens (tertiary/aromatic N) is 1. The Labute approximate surface area is 124 Å². The largest absolute Gasteiger partial charge is 0.493 e. The molecule has 1 rings (SSSR count). The highest BCUT2D eigenvalue weighted by molar-refractivity contribution is 5.84. The Balaban J connectivity index is 2.70. The zero-order chi connectivity index (χ0) is 16.0. The number of carbonyl (C=O) groups is 2. The summed E-state index contributed by atoms with van der Waals surface area (Å²) in [4.78, 5) is 24.2. The monoisotopic (exact) mass is 295 g/mol. The first-order valence-corrected chi connectivity index (χ1v) is 6.66. The molecule has 0 radical (unpaired) electrons. The second-order valence-corrected chi connectivity index (χ2v) is 4.71. The van der Waals surface area contributed by atoms with Crippen LogP contribution in [-0.2, 0) is 9.59 Å². The van der Waals surface area contributed by atoms with Crippen molar-refractivity contribution >= 4 is 11.9 Å². The molecule has 21 heavy (non-hydrogen) atoms. The van der Waals surface area contributed by atoms with Crippen LogP contribution in [0.15, 0.2) is 18.2 Å². The molecule has 6 nitrogen and oxygen atoms in total. The van der Waals surface area contributed by atoms with Gasteiger partial charge in [-0.05, 0) is 31.0 Å². The standard InChI is InChI=1S/C15H21NO5/c1-5-11(15(18)19)16(3)14(17)9-21-12-7-6-10(2)8-13(12)20-4/h6-8,11H,5,9H2,1-4H3,(H,18,19). The van der Waals surface area contributed by atoms with Crippen LogP contribution in [0.3, 0.4) is 0 Å². The minimum atomic E-state index is -1.03. The maximum atomic E-state index is 12.0. The summed E-state index contributed by atoms with van der Waals surface area (Å²) in [7, 11) is 2.98. The van der Waals surface area contributed by atoms with E-state index >= 15 is 0 Å². The number of carboxylic acids is 1. The molecule has 0 fully saturated rings. The molecule has 1 atom stereocenters. The Morgan fingerprint density at radius 1 is 1.33 bits per heavy atom. The maximum absolute atomic E-state index is 12.0. The highest BCUT2D eigenvalue weighted by Crippen LogP contribution is 2.27. The van der Waals surface area contributed by atoms with Crippen molar-refractivity contribution in [1.29, 1.82) is 0 Å². The van der Waals surface area contributed by atoms with Gasteiger partial charge < -0.3 is 19.5 Å². The minimum Gasteiger partial charge on any atom is -0.493 e. The number of carboxylic acid groups (broad SMARTS) is 1. The summed E-state index contributed by atoms with van der Waals surface area (Å²) in [5, 5.41) is 9.04. The average Bonchev–Trinajstić information content (AvgIpc) is 2.45. The molecule has 0 saturated heterocycles. The zero-order valence-corrected chi connectivity index (χ0v) is 12.8. The van der Waals surface area contributed by atoms with E-state index in [-0.39, 0.29) is 6.61 Å². The molecule has 1 unspecified atom stereocenters. The third-order valence-corrected chi connectivity index (χ3v) is 3.20. The van der Waals surface area contributed by atoms with Crippen molar-refractivity contribution in [3.63, 3.8) is 0 Å². The van der Waals surface area contributed by atoms with Gasteiger partial charge in [0.25, 0.3) is 5.91 Å². The van der Waals surface area contributed by atoms with Crippen molar-refractivity contribution in [2.75, 3.05) is 20.8 Å². The van der Waals surface area contributed by atoms with Gasteiger partial charge in [-0.25, -0.2) is 4.79 Å². The van der Waals surface area contributed by atoms with Crippen LogP contribution < -0.4 is 9.47 Å². The third kappa shape index (κ3) is 4.37. The quantitative estimate of drug-likeness (QED) is 0.828. The van der Waals surface area contributed by atoms with Gasteiger partial charge in [-0.3, -0.25) is 4.79 Å². The molecule has 1 aromatic carbocycles. The lowest BCUT2D eigenvalue weighted by Crippen LogP contribution is -2.44. The number of rotatable bonds is 7. The fourth-order valence-electron chi connectivity index (χ4n) is 1.92. The second-order valence-electron chi connectivity index (χ2n) is 4.71. The predicted octanol–water partition coefficient (Wildman–Crippen LogP) is 1.70. The van der Waals surface area contributed by atoms with Gasteiger partial charge in [0, 0.05) is 7.05 Å². The van der Waals surface area contributed by atoms with Crippen LogP contribution in [-0.4, -0.2) is 48.7 Å². The van der Waals surface area contributed by atoms with Crippen molar-refractivity contribution in [2.45, 2.75) is 26.3 Å². The van der Waals surface area contributed by atoms with E-state index in [4.69, 9.17) is 14.6 Å². The van der Waals surface area contributed by atoms with Crippen molar-refractivity contribution in [3.05, 3.63) is 23.8 Å². The van der Waals surface area contributed by atoms with E-state index in [9.17, 15) is 9.59 Å². The number of amides is 1. The molecule has 0 aliphatic rings. The summed E-state index contributed by atoms with van der Waals surface area (Å²) >= 11 is 0. The van der Waals surface area contributed by atoms with E-state index in [0.717, 1.165) is 5.56 Å². The van der Waals surface area contributed by atoms with Crippen LogP contribution in [0, 0.1) is 6.92 Å². The lowest BCUT2D eigenvalue weighted by Gasteiger charge is -2.23. The lowest BCUT2D eigenvalue weighted by atomic mass is 10.2. The molecular formula is C15H21NO5. The molecule has 0 heterocycles. The Morgan fingerprint density at radius 3 is 2.52 bits per heavy atom. The lowest BCUT2D eigenvalue weighted by molar-refractivity contribution is -0.149. The topological polar surface area (TPSA) is 76.1 Å². The number of hydrogen-bond donors (Lipinski definition) is 1. The fourth-order valence-corrected chi connectivity index (χ4v) is 1.92. The SMILES string of the molecule is CCC(C(=O)O)N(C)C(=O)COc1ccc(C)cc1OC. The number of methoxy groups -OCH3 is 1. The van der Waals surface area contributed by atoms with Crippen LogP contribution >= 0.6 is 0 Å². The first kappa shape index (κ1) is 16.8. The minimum absolute atomic E-state index is 0.236. The molecule has 0 bridgehead atoms. The fraction of sp³-hybridized carbons (Fsp3) is 0.467. The number of ether oxygens (including phenoxy) is 2. The summed E-state index contributed by atoms with van der Waals surface area (Å²) in [5.74, 6) is -0.433. The van der Waals surface area contributed by atoms with E-state index in [2.05, 4.69) is 0 Å². The Morgan fingerprint density at radius 2 is 2.00 bits per heavy atom. The van der Waals surface area contributed by atoms with E-state index < -0.39 is 17.9 Å². The van der Waals surface area contributed by atoms with Gasteiger partial charge >= 0.3 is 5.97 Å². The van der Waals surface area contributed by atoms with Gasteiger partial charge in [-0.2, -0.15) is 0 Å². The van der Waals surface area contributed by atoms with Gasteiger partial charge in [-0.15, -0.1) is 0 Å². The molecule has 1 aromatic rings. The molecule has 116 valence electrons. The molecule has 0 aliphatic carbocycles. The smallest absolute Gasteiger partial charge is 0.326 e. The molecular weight excluding hydrogens is 274 g/mol. The molecule has 0 spiro atoms. The number of carbonyl (C=O) groups excluding carboxylic acids is 1. The molecule has 0 aliphatic heterocycles. The van der Waals surface area contributed by atoms with Gasteiger partial charge in [0.05, 0.1) is 7.11 Å². The Hall–Kier alpha value is -2.24. The highest BCUT2D eigenvalue weighted by atomic mass is 16.5. The first-order valence-electron chi connectivity index (χ1n) is 6.66. The molecule has 0 aromatic heterocycles. The zero-order valence-electron chi connectivity index (χ0n) is 12.8. The number of hydrogen-bond acceptors (Lipinski definition) is 4. The van der Waals surface area contributed by atoms with Crippen LogP contribution in [0.5, 0.6) is 11.5 Å². The molecule has 6 heteroatoms. The number of aryl methyl sites for hydroxylation is 1. The normalized spacial score (nSPS) is 11.6. The van der Waals surface area contributed by atoms with Gasteiger partial charge in [0.2, 0.25) is 0 Å². The van der Waals surface area contributed by atoms with Crippen LogP contribution in [0.25, 0.3) is 0 Å². The van der Waals surface area contributed by atoms with Gasteiger partial charge in [0.1, 0.15) is 6.04 Å². The molecule has 1 amide bonds. The van der Waals surface area contributed by atoms with Crippen molar-refractivity contribution in [2.24, 2.45) is 0 Å².